The number of morpholine rings is 1. The van der Waals surface area contributed by atoms with Crippen LogP contribution in [0.25, 0.3) is 0 Å². The predicted molar refractivity (Wildman–Crippen MR) is 79.7 cm³/mol. The lowest BCUT2D eigenvalue weighted by atomic mass is 10.2. The molecule has 2 saturated heterocycles. The molecule has 2 fully saturated rings. The second-order valence-corrected chi connectivity index (χ2v) is 6.61. The SMILES string of the molecule is CC(C)=C1SC(=O)N(CC(=O)N2CC(C)OC(C)C2)C1=O. The van der Waals surface area contributed by atoms with Crippen molar-refractivity contribution in [2.75, 3.05) is 19.6 Å². The van der Waals surface area contributed by atoms with Crippen LogP contribution in [0, 0.1) is 0 Å². The third-order valence-corrected chi connectivity index (χ3v) is 4.55. The summed E-state index contributed by atoms with van der Waals surface area (Å²) in [6, 6.07) is 0. The first-order valence-electron chi connectivity index (χ1n) is 6.94. The fourth-order valence-electron chi connectivity index (χ4n) is 2.46. The summed E-state index contributed by atoms with van der Waals surface area (Å²) >= 11 is 0.901. The standard InChI is InChI=1S/C14H20N2O4S/c1-8(2)12-13(18)16(14(19)21-12)7-11(17)15-5-9(3)20-10(4)6-15/h9-10H,5-7H2,1-4H3. The summed E-state index contributed by atoms with van der Waals surface area (Å²) in [5.74, 6) is -0.581. The topological polar surface area (TPSA) is 66.9 Å². The Morgan fingerprint density at radius 2 is 1.81 bits per heavy atom. The molecule has 2 heterocycles. The van der Waals surface area contributed by atoms with Crippen LogP contribution >= 0.6 is 11.8 Å². The lowest BCUT2D eigenvalue weighted by Gasteiger charge is -2.35. The number of rotatable bonds is 2. The second-order valence-electron chi connectivity index (χ2n) is 5.64. The van der Waals surface area contributed by atoms with Gasteiger partial charge in [-0.3, -0.25) is 19.3 Å². The van der Waals surface area contributed by atoms with Gasteiger partial charge in [0.1, 0.15) is 6.54 Å². The van der Waals surface area contributed by atoms with Gasteiger partial charge in [-0.25, -0.2) is 0 Å². The molecule has 2 atom stereocenters. The van der Waals surface area contributed by atoms with E-state index in [2.05, 4.69) is 0 Å². The molecule has 0 saturated carbocycles. The van der Waals surface area contributed by atoms with E-state index in [1.807, 2.05) is 13.8 Å². The Hall–Kier alpha value is -1.34. The Bertz CT molecular complexity index is 503. The van der Waals surface area contributed by atoms with E-state index >= 15 is 0 Å². The van der Waals surface area contributed by atoms with Gasteiger partial charge >= 0.3 is 0 Å². The number of imide groups is 1. The van der Waals surface area contributed by atoms with Crippen molar-refractivity contribution in [1.82, 2.24) is 9.80 Å². The van der Waals surface area contributed by atoms with Gasteiger partial charge in [-0.05, 0) is 39.5 Å². The number of nitrogens with zero attached hydrogens (tertiary/aromatic N) is 2. The van der Waals surface area contributed by atoms with Crippen molar-refractivity contribution in [2.45, 2.75) is 39.9 Å². The highest BCUT2D eigenvalue weighted by molar-refractivity contribution is 8.18. The summed E-state index contributed by atoms with van der Waals surface area (Å²) < 4.78 is 5.57. The molecule has 2 aliphatic heterocycles. The number of hydrogen-bond acceptors (Lipinski definition) is 5. The van der Waals surface area contributed by atoms with Gasteiger partial charge in [0.25, 0.3) is 11.1 Å². The van der Waals surface area contributed by atoms with E-state index in [4.69, 9.17) is 4.74 Å². The number of carbonyl (C=O) groups excluding carboxylic acids is 3. The number of allylic oxidation sites excluding steroid dienone is 1. The van der Waals surface area contributed by atoms with Gasteiger partial charge in [-0.2, -0.15) is 0 Å². The summed E-state index contributed by atoms with van der Waals surface area (Å²) in [7, 11) is 0. The Balaban J connectivity index is 2.04. The van der Waals surface area contributed by atoms with Crippen molar-refractivity contribution in [1.29, 1.82) is 0 Å². The molecule has 2 aliphatic rings. The molecule has 0 aliphatic carbocycles. The van der Waals surface area contributed by atoms with Crippen LogP contribution in [-0.4, -0.2) is 58.7 Å². The van der Waals surface area contributed by atoms with Crippen molar-refractivity contribution in [2.24, 2.45) is 0 Å². The number of hydrogen-bond donors (Lipinski definition) is 0. The fourth-order valence-corrected chi connectivity index (χ4v) is 3.29. The summed E-state index contributed by atoms with van der Waals surface area (Å²) in [6.07, 6.45) is -0.0733. The number of carbonyl (C=O) groups is 3. The molecule has 0 N–H and O–H groups in total. The largest absolute Gasteiger partial charge is 0.372 e. The minimum absolute atomic E-state index is 0.0367. The van der Waals surface area contributed by atoms with Crippen LogP contribution in [0.2, 0.25) is 0 Å². The Morgan fingerprint density at radius 1 is 1.24 bits per heavy atom. The third-order valence-electron chi connectivity index (χ3n) is 3.37. The zero-order valence-electron chi connectivity index (χ0n) is 12.7. The van der Waals surface area contributed by atoms with E-state index in [0.29, 0.717) is 18.0 Å². The predicted octanol–water partition coefficient (Wildman–Crippen LogP) is 1.61. The van der Waals surface area contributed by atoms with E-state index in [-0.39, 0.29) is 35.8 Å². The van der Waals surface area contributed by atoms with E-state index in [0.717, 1.165) is 22.2 Å². The normalized spacial score (nSPS) is 26.6. The van der Waals surface area contributed by atoms with Crippen LogP contribution in [0.15, 0.2) is 10.5 Å². The molecule has 0 aromatic carbocycles. The molecule has 0 radical (unpaired) electrons. The highest BCUT2D eigenvalue weighted by Gasteiger charge is 2.38. The van der Waals surface area contributed by atoms with E-state index in [1.165, 1.54) is 0 Å². The summed E-state index contributed by atoms with van der Waals surface area (Å²) in [6.45, 7) is 8.15. The maximum Gasteiger partial charge on any atom is 0.294 e. The highest BCUT2D eigenvalue weighted by Crippen LogP contribution is 2.32. The lowest BCUT2D eigenvalue weighted by Crippen LogP contribution is -2.51. The van der Waals surface area contributed by atoms with Gasteiger partial charge in [0, 0.05) is 13.1 Å². The van der Waals surface area contributed by atoms with Crippen molar-refractivity contribution >= 4 is 28.8 Å². The smallest absolute Gasteiger partial charge is 0.294 e. The molecule has 0 bridgehead atoms. The molecule has 21 heavy (non-hydrogen) atoms. The van der Waals surface area contributed by atoms with Crippen LogP contribution in [0.1, 0.15) is 27.7 Å². The molecule has 2 rings (SSSR count). The summed E-state index contributed by atoms with van der Waals surface area (Å²) in [4.78, 5) is 39.4. The first-order chi connectivity index (χ1) is 9.79. The van der Waals surface area contributed by atoms with E-state index in [1.54, 1.807) is 18.7 Å². The van der Waals surface area contributed by atoms with Crippen LogP contribution in [0.3, 0.4) is 0 Å². The molecule has 0 spiro atoms. The minimum atomic E-state index is -0.376. The van der Waals surface area contributed by atoms with Crippen molar-refractivity contribution in [3.8, 4) is 0 Å². The average molecular weight is 312 g/mol. The van der Waals surface area contributed by atoms with Gasteiger partial charge in [0.2, 0.25) is 5.91 Å². The first kappa shape index (κ1) is 16.0. The zero-order chi connectivity index (χ0) is 15.7. The minimum Gasteiger partial charge on any atom is -0.372 e. The average Bonchev–Trinajstić information content (AvgIpc) is 2.65. The van der Waals surface area contributed by atoms with Gasteiger partial charge in [0.05, 0.1) is 17.1 Å². The Kier molecular flexibility index (Phi) is 4.73. The van der Waals surface area contributed by atoms with Crippen LogP contribution < -0.4 is 0 Å². The van der Waals surface area contributed by atoms with Crippen LogP contribution in [0.5, 0.6) is 0 Å². The lowest BCUT2D eigenvalue weighted by molar-refractivity contribution is -0.145. The van der Waals surface area contributed by atoms with Crippen molar-refractivity contribution < 1.29 is 19.1 Å². The van der Waals surface area contributed by atoms with E-state index in [9.17, 15) is 14.4 Å². The third kappa shape index (κ3) is 3.47. The van der Waals surface area contributed by atoms with Crippen molar-refractivity contribution in [3.05, 3.63) is 10.5 Å². The van der Waals surface area contributed by atoms with Gasteiger partial charge in [-0.15, -0.1) is 0 Å². The van der Waals surface area contributed by atoms with Gasteiger partial charge in [-0.1, -0.05) is 5.57 Å². The van der Waals surface area contributed by atoms with Gasteiger partial charge in [0.15, 0.2) is 0 Å². The number of thioether (sulfide) groups is 1. The molecule has 7 heteroatoms. The molecule has 0 aromatic heterocycles. The number of ether oxygens (including phenoxy) is 1. The second kappa shape index (κ2) is 6.19. The molecular formula is C14H20N2O4S. The molecule has 3 amide bonds. The molecule has 6 nitrogen and oxygen atoms in total. The quantitative estimate of drug-likeness (QED) is 0.725. The Morgan fingerprint density at radius 3 is 2.29 bits per heavy atom. The monoisotopic (exact) mass is 312 g/mol. The van der Waals surface area contributed by atoms with Gasteiger partial charge < -0.3 is 9.64 Å². The summed E-state index contributed by atoms with van der Waals surface area (Å²) in [5, 5.41) is -0.376. The van der Waals surface area contributed by atoms with Crippen molar-refractivity contribution in [3.63, 3.8) is 0 Å². The molecule has 116 valence electrons. The molecule has 2 unspecified atom stereocenters. The first-order valence-corrected chi connectivity index (χ1v) is 7.75. The Labute approximate surface area is 128 Å². The number of amides is 3. The maximum atomic E-state index is 12.3. The maximum absolute atomic E-state index is 12.3. The van der Waals surface area contributed by atoms with Crippen LogP contribution in [-0.2, 0) is 14.3 Å². The fraction of sp³-hybridized carbons (Fsp3) is 0.643. The molecule has 0 aromatic rings. The zero-order valence-corrected chi connectivity index (χ0v) is 13.5. The van der Waals surface area contributed by atoms with E-state index < -0.39 is 0 Å². The molecular weight excluding hydrogens is 292 g/mol. The summed E-state index contributed by atoms with van der Waals surface area (Å²) in [5.41, 5.74) is 0.793. The highest BCUT2D eigenvalue weighted by atomic mass is 32.2. The van der Waals surface area contributed by atoms with Crippen LogP contribution in [0.4, 0.5) is 4.79 Å².